The van der Waals surface area contributed by atoms with Crippen LogP contribution in [-0.4, -0.2) is 17.1 Å². The van der Waals surface area contributed by atoms with E-state index < -0.39 is 12.0 Å². The van der Waals surface area contributed by atoms with Crippen molar-refractivity contribution in [2.24, 2.45) is 4.99 Å². The van der Waals surface area contributed by atoms with E-state index in [9.17, 15) is 9.59 Å². The lowest BCUT2D eigenvalue weighted by Crippen LogP contribution is -2.39. The Hall–Kier alpha value is -2.46. The Balaban J connectivity index is 1.96. The molecule has 1 aromatic carbocycles. The Morgan fingerprint density at radius 1 is 1.31 bits per heavy atom. The number of rotatable bonds is 4. The summed E-state index contributed by atoms with van der Waals surface area (Å²) in [5.74, 6) is 0.134. The fourth-order valence-corrected chi connectivity index (χ4v) is 4.74. The molecule has 0 N–H and O–H groups in total. The molecular formula is C21H17IN2O4S. The lowest BCUT2D eigenvalue weighted by atomic mass is 9.96. The maximum Gasteiger partial charge on any atom is 0.338 e. The first kappa shape index (κ1) is 19.8. The summed E-state index contributed by atoms with van der Waals surface area (Å²) in [5.41, 5.74) is 1.54. The Morgan fingerprint density at radius 2 is 2.07 bits per heavy atom. The third-order valence-corrected chi connectivity index (χ3v) is 6.06. The van der Waals surface area contributed by atoms with E-state index >= 15 is 0 Å². The predicted octanol–water partition coefficient (Wildman–Crippen LogP) is 3.00. The van der Waals surface area contributed by atoms with E-state index in [1.54, 1.807) is 24.5 Å². The number of halogens is 1. The summed E-state index contributed by atoms with van der Waals surface area (Å²) in [6.45, 7) is 3.78. The van der Waals surface area contributed by atoms with Gasteiger partial charge in [-0.3, -0.25) is 9.36 Å². The van der Waals surface area contributed by atoms with Gasteiger partial charge in [0.15, 0.2) is 8.57 Å². The van der Waals surface area contributed by atoms with Crippen LogP contribution in [0.5, 0.6) is 0 Å². The van der Waals surface area contributed by atoms with Gasteiger partial charge in [0.1, 0.15) is 5.76 Å². The van der Waals surface area contributed by atoms with Crippen molar-refractivity contribution < 1.29 is 13.9 Å². The molecule has 8 heteroatoms. The average Bonchev–Trinajstić information content (AvgIpc) is 3.24. The zero-order valence-electron chi connectivity index (χ0n) is 15.7. The maximum absolute atomic E-state index is 13.3. The Morgan fingerprint density at radius 3 is 2.72 bits per heavy atom. The molecule has 3 heterocycles. The minimum atomic E-state index is -0.592. The lowest BCUT2D eigenvalue weighted by molar-refractivity contribution is -0.139. The molecule has 29 heavy (non-hydrogen) atoms. The molecule has 6 nitrogen and oxygen atoms in total. The first-order valence-electron chi connectivity index (χ1n) is 8.99. The fourth-order valence-electron chi connectivity index (χ4n) is 3.28. The topological polar surface area (TPSA) is 73.8 Å². The van der Waals surface area contributed by atoms with Crippen LogP contribution in [0.1, 0.15) is 31.2 Å². The van der Waals surface area contributed by atoms with Gasteiger partial charge in [-0.15, -0.1) is 0 Å². The van der Waals surface area contributed by atoms with Crippen LogP contribution >= 0.6 is 33.9 Å². The van der Waals surface area contributed by atoms with Crippen molar-refractivity contribution in [3.8, 4) is 0 Å². The first-order chi connectivity index (χ1) is 14.0. The monoisotopic (exact) mass is 520 g/mol. The van der Waals surface area contributed by atoms with Crippen LogP contribution in [0.2, 0.25) is 0 Å². The molecule has 0 saturated carbocycles. The van der Waals surface area contributed by atoms with E-state index in [0.29, 0.717) is 26.4 Å². The van der Waals surface area contributed by atoms with E-state index in [2.05, 4.69) is 27.6 Å². The van der Waals surface area contributed by atoms with Crippen LogP contribution in [0.15, 0.2) is 67.9 Å². The standard InChI is InChI=1S/C21H17IN2O4S/c1-3-27-20(26)17-12(2)23-21-24(18(17)13-7-5-4-6-8-13)19(25)15(29-21)11-14-9-10-16(22)28-14/h4-11,18H,3H2,1-2H3/b15-11-. The van der Waals surface area contributed by atoms with Crippen LogP contribution in [0.3, 0.4) is 0 Å². The van der Waals surface area contributed by atoms with E-state index in [1.807, 2.05) is 42.5 Å². The molecule has 0 radical (unpaired) electrons. The first-order valence-corrected chi connectivity index (χ1v) is 10.9. The predicted molar refractivity (Wildman–Crippen MR) is 118 cm³/mol. The molecule has 0 bridgehead atoms. The van der Waals surface area contributed by atoms with Gasteiger partial charge in [-0.2, -0.15) is 0 Å². The lowest BCUT2D eigenvalue weighted by Gasteiger charge is -2.24. The van der Waals surface area contributed by atoms with E-state index in [4.69, 9.17) is 9.15 Å². The molecule has 3 aromatic rings. The van der Waals surface area contributed by atoms with E-state index in [0.717, 1.165) is 9.33 Å². The van der Waals surface area contributed by atoms with Crippen molar-refractivity contribution in [1.29, 1.82) is 0 Å². The maximum atomic E-state index is 13.3. The van der Waals surface area contributed by atoms with Gasteiger partial charge in [0, 0.05) is 6.08 Å². The van der Waals surface area contributed by atoms with Gasteiger partial charge in [0.25, 0.3) is 5.56 Å². The molecule has 1 aliphatic heterocycles. The highest BCUT2D eigenvalue weighted by Gasteiger charge is 2.33. The van der Waals surface area contributed by atoms with E-state index in [-0.39, 0.29) is 12.2 Å². The number of fused-ring (bicyclic) bond motifs is 1. The number of benzene rings is 1. The summed E-state index contributed by atoms with van der Waals surface area (Å²) in [5, 5.41) is 0. The number of ether oxygens (including phenoxy) is 1. The highest BCUT2D eigenvalue weighted by molar-refractivity contribution is 14.1. The minimum absolute atomic E-state index is 0.219. The number of allylic oxidation sites excluding steroid dienone is 1. The SMILES string of the molecule is CCOC(=O)C1=C(C)N=c2s/c(=C\c3ccc(I)o3)c(=O)n2C1c1ccccc1. The summed E-state index contributed by atoms with van der Waals surface area (Å²) < 4.78 is 13.6. The van der Waals surface area contributed by atoms with Gasteiger partial charge < -0.3 is 9.15 Å². The second-order valence-electron chi connectivity index (χ2n) is 6.35. The highest BCUT2D eigenvalue weighted by Crippen LogP contribution is 2.30. The summed E-state index contributed by atoms with van der Waals surface area (Å²) >= 11 is 3.35. The number of esters is 1. The number of carbonyl (C=O) groups excluding carboxylic acids is 1. The van der Waals surface area contributed by atoms with Gasteiger partial charge in [0.05, 0.1) is 28.5 Å². The number of nitrogens with zero attached hydrogens (tertiary/aromatic N) is 2. The third-order valence-electron chi connectivity index (χ3n) is 4.50. The van der Waals surface area contributed by atoms with Crippen LogP contribution in [0.4, 0.5) is 0 Å². The molecule has 0 fully saturated rings. The largest absolute Gasteiger partial charge is 0.463 e. The number of hydrogen-bond acceptors (Lipinski definition) is 6. The summed E-state index contributed by atoms with van der Waals surface area (Å²) in [6, 6.07) is 12.5. The second-order valence-corrected chi connectivity index (χ2v) is 8.43. The molecule has 1 unspecified atom stereocenters. The van der Waals surface area contributed by atoms with Crippen LogP contribution in [-0.2, 0) is 9.53 Å². The highest BCUT2D eigenvalue weighted by atomic mass is 127. The number of thiazole rings is 1. The third kappa shape index (κ3) is 3.74. The summed E-state index contributed by atoms with van der Waals surface area (Å²) in [6.07, 6.45) is 1.71. The van der Waals surface area contributed by atoms with Crippen molar-refractivity contribution in [3.63, 3.8) is 0 Å². The average molecular weight is 520 g/mol. The summed E-state index contributed by atoms with van der Waals surface area (Å²) in [7, 11) is 0. The number of carbonyl (C=O) groups is 1. The molecule has 0 aliphatic carbocycles. The molecule has 0 amide bonds. The molecule has 1 atom stereocenters. The smallest absolute Gasteiger partial charge is 0.338 e. The van der Waals surface area contributed by atoms with Crippen molar-refractivity contribution in [2.45, 2.75) is 19.9 Å². The Kier molecular flexibility index (Phi) is 5.55. The van der Waals surface area contributed by atoms with Crippen LogP contribution < -0.4 is 14.9 Å². The Labute approximate surface area is 184 Å². The molecule has 0 spiro atoms. The zero-order valence-corrected chi connectivity index (χ0v) is 18.7. The molecule has 4 rings (SSSR count). The zero-order chi connectivity index (χ0) is 20.5. The van der Waals surface area contributed by atoms with Crippen LogP contribution in [0.25, 0.3) is 6.08 Å². The quantitative estimate of drug-likeness (QED) is 0.392. The summed E-state index contributed by atoms with van der Waals surface area (Å²) in [4.78, 5) is 31.1. The number of furan rings is 1. The van der Waals surface area contributed by atoms with Gasteiger partial charge in [-0.1, -0.05) is 41.7 Å². The van der Waals surface area contributed by atoms with Gasteiger partial charge in [-0.25, -0.2) is 9.79 Å². The minimum Gasteiger partial charge on any atom is -0.463 e. The molecule has 1 aliphatic rings. The molecular weight excluding hydrogens is 503 g/mol. The number of hydrogen-bond donors (Lipinski definition) is 0. The van der Waals surface area contributed by atoms with Gasteiger partial charge in [-0.05, 0) is 54.1 Å². The molecule has 2 aromatic heterocycles. The fraction of sp³-hybridized carbons (Fsp3) is 0.190. The van der Waals surface area contributed by atoms with Gasteiger partial charge in [0.2, 0.25) is 0 Å². The van der Waals surface area contributed by atoms with E-state index in [1.165, 1.54) is 11.3 Å². The normalized spacial score (nSPS) is 16.5. The van der Waals surface area contributed by atoms with Gasteiger partial charge >= 0.3 is 5.97 Å². The second kappa shape index (κ2) is 8.11. The number of aromatic nitrogens is 1. The van der Waals surface area contributed by atoms with Crippen molar-refractivity contribution in [3.05, 3.63) is 88.5 Å². The van der Waals surface area contributed by atoms with Crippen LogP contribution in [0, 0.1) is 3.77 Å². The van der Waals surface area contributed by atoms with Crippen molar-refractivity contribution in [1.82, 2.24) is 4.57 Å². The molecule has 148 valence electrons. The molecule has 0 saturated heterocycles. The Bertz CT molecular complexity index is 1280. The van der Waals surface area contributed by atoms with Crippen molar-refractivity contribution >= 4 is 46.0 Å². The van der Waals surface area contributed by atoms with Crippen molar-refractivity contribution in [2.75, 3.05) is 6.61 Å².